The molecule has 0 fully saturated rings. The second-order valence-corrected chi connectivity index (χ2v) is 4.48. The molecule has 1 rings (SSSR count). The molecule has 2 N–H and O–H groups in total. The number of nitrogens with zero attached hydrogens (tertiary/aromatic N) is 1. The van der Waals surface area contributed by atoms with Crippen LogP contribution >= 0.6 is 0 Å². The van der Waals surface area contributed by atoms with Gasteiger partial charge < -0.3 is 15.1 Å². The SMILES string of the molecule is Cc1cc(C)cc(N(C)CC(O)CC(=O)O)c1. The Morgan fingerprint density at radius 1 is 1.29 bits per heavy atom. The highest BCUT2D eigenvalue weighted by Crippen LogP contribution is 2.17. The molecule has 0 radical (unpaired) electrons. The summed E-state index contributed by atoms with van der Waals surface area (Å²) in [6, 6.07) is 6.10. The molecular formula is C13H19NO3. The van der Waals surface area contributed by atoms with Crippen molar-refractivity contribution in [3.8, 4) is 0 Å². The lowest BCUT2D eigenvalue weighted by Crippen LogP contribution is -2.30. The van der Waals surface area contributed by atoms with Crippen LogP contribution in [0.1, 0.15) is 17.5 Å². The Kier molecular flexibility index (Phi) is 4.52. The number of hydrogen-bond donors (Lipinski definition) is 2. The molecule has 0 aromatic heterocycles. The molecule has 0 amide bonds. The van der Waals surface area contributed by atoms with Gasteiger partial charge in [-0.25, -0.2) is 0 Å². The number of aliphatic hydroxyl groups is 1. The molecular weight excluding hydrogens is 218 g/mol. The molecule has 0 aliphatic heterocycles. The zero-order valence-corrected chi connectivity index (χ0v) is 10.5. The third kappa shape index (κ3) is 4.44. The van der Waals surface area contributed by atoms with Gasteiger partial charge >= 0.3 is 5.97 Å². The Morgan fingerprint density at radius 3 is 2.29 bits per heavy atom. The number of hydrogen-bond acceptors (Lipinski definition) is 3. The fraction of sp³-hybridized carbons (Fsp3) is 0.462. The minimum Gasteiger partial charge on any atom is -0.481 e. The third-order valence-electron chi connectivity index (χ3n) is 2.54. The number of carboxylic acids is 1. The van der Waals surface area contributed by atoms with Crippen molar-refractivity contribution >= 4 is 11.7 Å². The van der Waals surface area contributed by atoms with E-state index in [1.165, 1.54) is 0 Å². The van der Waals surface area contributed by atoms with Crippen LogP contribution in [-0.4, -0.2) is 35.9 Å². The Balaban J connectivity index is 2.69. The molecule has 0 heterocycles. The van der Waals surface area contributed by atoms with Gasteiger partial charge in [-0.3, -0.25) is 4.79 Å². The Labute approximate surface area is 101 Å². The number of benzene rings is 1. The summed E-state index contributed by atoms with van der Waals surface area (Å²) in [4.78, 5) is 12.3. The first-order valence-electron chi connectivity index (χ1n) is 5.58. The quantitative estimate of drug-likeness (QED) is 0.816. The number of rotatable bonds is 5. The third-order valence-corrected chi connectivity index (χ3v) is 2.54. The van der Waals surface area contributed by atoms with Gasteiger partial charge in [0, 0.05) is 19.3 Å². The summed E-state index contributed by atoms with van der Waals surface area (Å²) >= 11 is 0. The van der Waals surface area contributed by atoms with E-state index in [1.54, 1.807) is 0 Å². The molecule has 0 saturated carbocycles. The summed E-state index contributed by atoms with van der Waals surface area (Å²) in [6.07, 6.45) is -1.08. The largest absolute Gasteiger partial charge is 0.481 e. The summed E-state index contributed by atoms with van der Waals surface area (Å²) < 4.78 is 0. The van der Waals surface area contributed by atoms with Crippen LogP contribution in [-0.2, 0) is 4.79 Å². The predicted molar refractivity (Wildman–Crippen MR) is 67.4 cm³/mol. The molecule has 17 heavy (non-hydrogen) atoms. The molecule has 0 bridgehead atoms. The lowest BCUT2D eigenvalue weighted by Gasteiger charge is -2.22. The van der Waals surface area contributed by atoms with Gasteiger partial charge in [-0.2, -0.15) is 0 Å². The number of carbonyl (C=O) groups is 1. The van der Waals surface area contributed by atoms with Crippen molar-refractivity contribution in [2.24, 2.45) is 0 Å². The van der Waals surface area contributed by atoms with E-state index in [-0.39, 0.29) is 6.42 Å². The summed E-state index contributed by atoms with van der Waals surface area (Å²) in [7, 11) is 1.85. The second kappa shape index (κ2) is 5.68. The van der Waals surface area contributed by atoms with E-state index in [2.05, 4.69) is 6.07 Å². The normalized spacial score (nSPS) is 12.2. The number of likely N-dealkylation sites (N-methyl/N-ethyl adjacent to an activating group) is 1. The van der Waals surface area contributed by atoms with Crippen molar-refractivity contribution in [2.75, 3.05) is 18.5 Å². The Bertz CT molecular complexity index is 383. The van der Waals surface area contributed by atoms with Gasteiger partial charge in [0.2, 0.25) is 0 Å². The van der Waals surface area contributed by atoms with Crippen LogP contribution in [0.15, 0.2) is 18.2 Å². The molecule has 1 atom stereocenters. The molecule has 94 valence electrons. The molecule has 0 spiro atoms. The summed E-state index contributed by atoms with van der Waals surface area (Å²) in [5.74, 6) is -0.980. The van der Waals surface area contributed by atoms with Gasteiger partial charge in [-0.05, 0) is 37.1 Å². The van der Waals surface area contributed by atoms with E-state index in [4.69, 9.17) is 5.11 Å². The van der Waals surface area contributed by atoms with Gasteiger partial charge in [-0.15, -0.1) is 0 Å². The van der Waals surface area contributed by atoms with E-state index >= 15 is 0 Å². The van der Waals surface area contributed by atoms with E-state index in [0.29, 0.717) is 6.54 Å². The molecule has 4 heteroatoms. The standard InChI is InChI=1S/C13H19NO3/c1-9-4-10(2)6-11(5-9)14(3)8-12(15)7-13(16)17/h4-6,12,15H,7-8H2,1-3H3,(H,16,17). The topological polar surface area (TPSA) is 60.8 Å². The van der Waals surface area contributed by atoms with Crippen molar-refractivity contribution < 1.29 is 15.0 Å². The van der Waals surface area contributed by atoms with Crippen molar-refractivity contribution in [3.63, 3.8) is 0 Å². The Morgan fingerprint density at radius 2 is 1.82 bits per heavy atom. The fourth-order valence-corrected chi connectivity index (χ4v) is 1.86. The first-order chi connectivity index (χ1) is 7.88. The number of aliphatic hydroxyl groups excluding tert-OH is 1. The van der Waals surface area contributed by atoms with E-state index in [1.807, 2.05) is 37.9 Å². The molecule has 0 aliphatic carbocycles. The van der Waals surface area contributed by atoms with Crippen LogP contribution in [0.2, 0.25) is 0 Å². The number of anilines is 1. The van der Waals surface area contributed by atoms with Gasteiger partial charge in [0.15, 0.2) is 0 Å². The van der Waals surface area contributed by atoms with E-state index in [0.717, 1.165) is 16.8 Å². The van der Waals surface area contributed by atoms with Crippen molar-refractivity contribution in [2.45, 2.75) is 26.4 Å². The minimum absolute atomic E-state index is 0.227. The van der Waals surface area contributed by atoms with Crippen LogP contribution in [0.25, 0.3) is 0 Å². The van der Waals surface area contributed by atoms with Gasteiger partial charge in [0.25, 0.3) is 0 Å². The van der Waals surface area contributed by atoms with Gasteiger partial charge in [0.05, 0.1) is 12.5 Å². The van der Waals surface area contributed by atoms with Crippen LogP contribution in [0, 0.1) is 13.8 Å². The zero-order valence-electron chi connectivity index (χ0n) is 10.5. The monoisotopic (exact) mass is 237 g/mol. The molecule has 1 aromatic rings. The second-order valence-electron chi connectivity index (χ2n) is 4.48. The van der Waals surface area contributed by atoms with Crippen LogP contribution in [0.4, 0.5) is 5.69 Å². The highest BCUT2D eigenvalue weighted by Gasteiger charge is 2.12. The molecule has 1 aromatic carbocycles. The molecule has 4 nitrogen and oxygen atoms in total. The number of aliphatic carboxylic acids is 1. The highest BCUT2D eigenvalue weighted by atomic mass is 16.4. The van der Waals surface area contributed by atoms with Crippen LogP contribution < -0.4 is 4.90 Å². The van der Waals surface area contributed by atoms with Crippen molar-refractivity contribution in [3.05, 3.63) is 29.3 Å². The summed E-state index contributed by atoms with van der Waals surface area (Å²) in [5.41, 5.74) is 3.30. The number of aryl methyl sites for hydroxylation is 2. The maximum absolute atomic E-state index is 10.5. The molecule has 1 unspecified atom stereocenters. The highest BCUT2D eigenvalue weighted by molar-refractivity contribution is 5.67. The molecule has 0 saturated heterocycles. The predicted octanol–water partition coefficient (Wildman–Crippen LogP) is 1.58. The first-order valence-corrected chi connectivity index (χ1v) is 5.58. The van der Waals surface area contributed by atoms with Crippen molar-refractivity contribution in [1.29, 1.82) is 0 Å². The smallest absolute Gasteiger partial charge is 0.306 e. The lowest BCUT2D eigenvalue weighted by atomic mass is 10.1. The number of carboxylic acid groups (broad SMARTS) is 1. The van der Waals surface area contributed by atoms with Crippen LogP contribution in [0.3, 0.4) is 0 Å². The average Bonchev–Trinajstić information content (AvgIpc) is 2.14. The Hall–Kier alpha value is -1.55. The first kappa shape index (κ1) is 13.5. The van der Waals surface area contributed by atoms with Gasteiger partial charge in [-0.1, -0.05) is 6.07 Å². The maximum Gasteiger partial charge on any atom is 0.306 e. The minimum atomic E-state index is -0.980. The zero-order chi connectivity index (χ0) is 13.0. The van der Waals surface area contributed by atoms with E-state index < -0.39 is 12.1 Å². The molecule has 0 aliphatic rings. The van der Waals surface area contributed by atoms with E-state index in [9.17, 15) is 9.90 Å². The lowest BCUT2D eigenvalue weighted by molar-refractivity contribution is -0.139. The van der Waals surface area contributed by atoms with Crippen molar-refractivity contribution in [1.82, 2.24) is 0 Å². The fourth-order valence-electron chi connectivity index (χ4n) is 1.86. The summed E-state index contributed by atoms with van der Waals surface area (Å²) in [5, 5.41) is 18.1. The van der Waals surface area contributed by atoms with Crippen LogP contribution in [0.5, 0.6) is 0 Å². The maximum atomic E-state index is 10.5. The average molecular weight is 237 g/mol. The van der Waals surface area contributed by atoms with Gasteiger partial charge in [0.1, 0.15) is 0 Å². The summed E-state index contributed by atoms with van der Waals surface area (Å²) in [6.45, 7) is 4.34.